The van der Waals surface area contributed by atoms with Gasteiger partial charge in [-0.3, -0.25) is 9.59 Å². The highest BCUT2D eigenvalue weighted by atomic mass is 16.4. The van der Waals surface area contributed by atoms with Gasteiger partial charge in [-0.1, -0.05) is 0 Å². The van der Waals surface area contributed by atoms with Crippen molar-refractivity contribution in [3.05, 3.63) is 48.3 Å². The summed E-state index contributed by atoms with van der Waals surface area (Å²) in [6, 6.07) is 8.79. The second kappa shape index (κ2) is 8.45. The molecule has 3 rings (SSSR count). The average molecular weight is 371 g/mol. The topological polar surface area (TPSA) is 119 Å². The third kappa shape index (κ3) is 4.91. The van der Waals surface area contributed by atoms with Crippen LogP contribution in [-0.2, 0) is 4.79 Å². The SMILES string of the molecule is O=C(O)CC(O)NC(=O)c1ccc(N2CCN(c3ncccn3)CC2)cc1. The number of piperazine rings is 1. The largest absolute Gasteiger partial charge is 0.481 e. The minimum absolute atomic E-state index is 0.361. The van der Waals surface area contributed by atoms with Crippen LogP contribution in [0.4, 0.5) is 11.6 Å². The number of rotatable bonds is 6. The van der Waals surface area contributed by atoms with Crippen molar-refractivity contribution in [2.45, 2.75) is 12.6 Å². The molecule has 1 unspecified atom stereocenters. The van der Waals surface area contributed by atoms with Crippen molar-refractivity contribution in [1.82, 2.24) is 15.3 Å². The number of aromatic nitrogens is 2. The van der Waals surface area contributed by atoms with E-state index in [9.17, 15) is 14.7 Å². The molecule has 1 aliphatic heterocycles. The van der Waals surface area contributed by atoms with Crippen LogP contribution in [0, 0.1) is 0 Å². The fourth-order valence-electron chi connectivity index (χ4n) is 2.89. The number of nitrogens with zero attached hydrogens (tertiary/aromatic N) is 4. The van der Waals surface area contributed by atoms with Gasteiger partial charge in [0.25, 0.3) is 5.91 Å². The van der Waals surface area contributed by atoms with Gasteiger partial charge < -0.3 is 25.3 Å². The highest BCUT2D eigenvalue weighted by Gasteiger charge is 2.19. The highest BCUT2D eigenvalue weighted by Crippen LogP contribution is 2.19. The second-order valence-electron chi connectivity index (χ2n) is 6.16. The van der Waals surface area contributed by atoms with Crippen LogP contribution in [0.5, 0.6) is 0 Å². The summed E-state index contributed by atoms with van der Waals surface area (Å²) in [5.41, 5.74) is 1.35. The molecule has 0 bridgehead atoms. The molecule has 2 heterocycles. The van der Waals surface area contributed by atoms with E-state index >= 15 is 0 Å². The molecule has 0 radical (unpaired) electrons. The quantitative estimate of drug-likeness (QED) is 0.622. The van der Waals surface area contributed by atoms with Gasteiger partial charge in [0.1, 0.15) is 6.23 Å². The molecule has 9 heteroatoms. The fourth-order valence-corrected chi connectivity index (χ4v) is 2.89. The lowest BCUT2D eigenvalue weighted by Crippen LogP contribution is -2.47. The molecule has 0 spiro atoms. The number of benzene rings is 1. The fraction of sp³-hybridized carbons (Fsp3) is 0.333. The summed E-state index contributed by atoms with van der Waals surface area (Å²) in [7, 11) is 0. The summed E-state index contributed by atoms with van der Waals surface area (Å²) in [6.45, 7) is 3.21. The highest BCUT2D eigenvalue weighted by molar-refractivity contribution is 5.94. The Kier molecular flexibility index (Phi) is 5.82. The van der Waals surface area contributed by atoms with E-state index < -0.39 is 24.5 Å². The Morgan fingerprint density at radius 1 is 1.04 bits per heavy atom. The third-order valence-corrected chi connectivity index (χ3v) is 4.27. The molecule has 9 nitrogen and oxygen atoms in total. The molecule has 1 aromatic carbocycles. The van der Waals surface area contributed by atoms with Crippen LogP contribution in [0.3, 0.4) is 0 Å². The Balaban J connectivity index is 1.55. The number of aliphatic carboxylic acids is 1. The number of carbonyl (C=O) groups excluding carboxylic acids is 1. The van der Waals surface area contributed by atoms with E-state index in [2.05, 4.69) is 25.1 Å². The molecule has 1 aliphatic rings. The Morgan fingerprint density at radius 2 is 1.63 bits per heavy atom. The van der Waals surface area contributed by atoms with Crippen LogP contribution in [0.1, 0.15) is 16.8 Å². The minimum atomic E-state index is -1.41. The van der Waals surface area contributed by atoms with Crippen LogP contribution in [0.2, 0.25) is 0 Å². The first-order valence-corrected chi connectivity index (χ1v) is 8.60. The van der Waals surface area contributed by atoms with Gasteiger partial charge in [-0.05, 0) is 30.3 Å². The molecule has 1 atom stereocenters. The number of hydrogen-bond acceptors (Lipinski definition) is 7. The molecule has 1 fully saturated rings. The molecule has 3 N–H and O–H groups in total. The van der Waals surface area contributed by atoms with Crippen LogP contribution < -0.4 is 15.1 Å². The summed E-state index contributed by atoms with van der Waals surface area (Å²) in [4.78, 5) is 35.4. The number of carboxylic acids is 1. The van der Waals surface area contributed by atoms with Gasteiger partial charge in [0, 0.05) is 49.8 Å². The van der Waals surface area contributed by atoms with Gasteiger partial charge >= 0.3 is 5.97 Å². The van der Waals surface area contributed by atoms with Crippen LogP contribution in [0.25, 0.3) is 0 Å². The van der Waals surface area contributed by atoms with E-state index in [1.807, 2.05) is 12.1 Å². The van der Waals surface area contributed by atoms with Crippen LogP contribution in [0.15, 0.2) is 42.7 Å². The first kappa shape index (κ1) is 18.6. The zero-order valence-corrected chi connectivity index (χ0v) is 14.7. The smallest absolute Gasteiger partial charge is 0.307 e. The zero-order valence-electron chi connectivity index (χ0n) is 14.7. The predicted molar refractivity (Wildman–Crippen MR) is 98.6 cm³/mol. The summed E-state index contributed by atoms with van der Waals surface area (Å²) in [5, 5.41) is 20.4. The minimum Gasteiger partial charge on any atom is -0.481 e. The Hall–Kier alpha value is -3.20. The molecule has 0 aliphatic carbocycles. The maximum Gasteiger partial charge on any atom is 0.307 e. The number of nitrogens with one attached hydrogen (secondary N) is 1. The number of amides is 1. The van der Waals surface area contributed by atoms with Crippen molar-refractivity contribution in [1.29, 1.82) is 0 Å². The van der Waals surface area contributed by atoms with E-state index in [0.717, 1.165) is 37.8 Å². The summed E-state index contributed by atoms with van der Waals surface area (Å²) < 4.78 is 0. The van der Waals surface area contributed by atoms with Gasteiger partial charge in [-0.2, -0.15) is 0 Å². The van der Waals surface area contributed by atoms with E-state index in [1.54, 1.807) is 30.6 Å². The molecule has 142 valence electrons. The molecule has 1 aromatic heterocycles. The van der Waals surface area contributed by atoms with Crippen molar-refractivity contribution in [3.63, 3.8) is 0 Å². The van der Waals surface area contributed by atoms with E-state index in [0.29, 0.717) is 5.56 Å². The Morgan fingerprint density at radius 3 is 2.22 bits per heavy atom. The number of aliphatic hydroxyl groups is 1. The molecule has 1 saturated heterocycles. The summed E-state index contributed by atoms with van der Waals surface area (Å²) in [6.07, 6.45) is 1.50. The second-order valence-corrected chi connectivity index (χ2v) is 6.16. The predicted octanol–water partition coefficient (Wildman–Crippen LogP) is 0.326. The van der Waals surface area contributed by atoms with Crippen molar-refractivity contribution >= 4 is 23.5 Å². The monoisotopic (exact) mass is 371 g/mol. The number of carbonyl (C=O) groups is 2. The lowest BCUT2D eigenvalue weighted by Gasteiger charge is -2.36. The molecule has 0 saturated carbocycles. The van der Waals surface area contributed by atoms with Gasteiger partial charge in [-0.25, -0.2) is 9.97 Å². The maximum absolute atomic E-state index is 12.0. The van der Waals surface area contributed by atoms with Crippen molar-refractivity contribution in [2.24, 2.45) is 0 Å². The van der Waals surface area contributed by atoms with Crippen LogP contribution in [-0.4, -0.2) is 64.5 Å². The van der Waals surface area contributed by atoms with E-state index in [4.69, 9.17) is 5.11 Å². The lowest BCUT2D eigenvalue weighted by molar-refractivity contribution is -0.139. The third-order valence-electron chi connectivity index (χ3n) is 4.27. The van der Waals surface area contributed by atoms with Gasteiger partial charge in [0.2, 0.25) is 5.95 Å². The van der Waals surface area contributed by atoms with Crippen LogP contribution >= 0.6 is 0 Å². The average Bonchev–Trinajstić information content (AvgIpc) is 2.68. The Bertz CT molecular complexity index is 776. The lowest BCUT2D eigenvalue weighted by atomic mass is 10.1. The normalized spacial score (nSPS) is 15.3. The van der Waals surface area contributed by atoms with E-state index in [-0.39, 0.29) is 0 Å². The summed E-state index contributed by atoms with van der Waals surface area (Å²) in [5.74, 6) is -0.969. The molecule has 27 heavy (non-hydrogen) atoms. The first-order chi connectivity index (χ1) is 13.0. The van der Waals surface area contributed by atoms with Crippen molar-refractivity contribution in [3.8, 4) is 0 Å². The zero-order chi connectivity index (χ0) is 19.2. The van der Waals surface area contributed by atoms with Crippen molar-refractivity contribution < 1.29 is 19.8 Å². The van der Waals surface area contributed by atoms with Gasteiger partial charge in [-0.15, -0.1) is 0 Å². The number of aliphatic hydroxyl groups excluding tert-OH is 1. The van der Waals surface area contributed by atoms with Gasteiger partial charge in [0.15, 0.2) is 0 Å². The maximum atomic E-state index is 12.0. The van der Waals surface area contributed by atoms with Gasteiger partial charge in [0.05, 0.1) is 6.42 Å². The molecule has 2 aromatic rings. The standard InChI is InChI=1S/C18H21N5O4/c24-15(12-16(25)26)21-17(27)13-2-4-14(5-3-13)22-8-10-23(11-9-22)18-19-6-1-7-20-18/h1-7,15,24H,8-12H2,(H,21,27)(H,25,26). The van der Waals surface area contributed by atoms with Crippen molar-refractivity contribution in [2.75, 3.05) is 36.0 Å². The first-order valence-electron chi connectivity index (χ1n) is 8.60. The summed E-state index contributed by atoms with van der Waals surface area (Å²) >= 11 is 0. The molecular weight excluding hydrogens is 350 g/mol. The van der Waals surface area contributed by atoms with E-state index in [1.165, 1.54) is 0 Å². The number of anilines is 2. The Labute approximate surface area is 156 Å². The number of carboxylic acid groups (broad SMARTS) is 1. The molecule has 1 amide bonds. The molecular formula is C18H21N5O4. The number of hydrogen-bond donors (Lipinski definition) is 3.